The van der Waals surface area contributed by atoms with Gasteiger partial charge >= 0.3 is 0 Å². The molecular formula is C11H19ClO. The van der Waals surface area contributed by atoms with E-state index in [1.54, 1.807) is 0 Å². The minimum absolute atomic E-state index is 0.292. The van der Waals surface area contributed by atoms with Crippen molar-refractivity contribution in [3.8, 4) is 0 Å². The maximum atomic E-state index is 11.2. The fraction of sp³-hybridized carbons (Fsp3) is 0.909. The predicted molar refractivity (Wildman–Crippen MR) is 56.0 cm³/mol. The van der Waals surface area contributed by atoms with Gasteiger partial charge < -0.3 is 0 Å². The normalized spacial score (nSPS) is 30.6. The fourth-order valence-electron chi connectivity index (χ4n) is 2.39. The standard InChI is InChI=1S/C11H19ClO/c1-11(2,3)10-5-4-9(13)6-8(10)7-12/h8,10H,4-7H2,1-3H3. The topological polar surface area (TPSA) is 17.1 Å². The highest BCUT2D eigenvalue weighted by Gasteiger charge is 2.36. The van der Waals surface area contributed by atoms with Crippen LogP contribution in [0.2, 0.25) is 0 Å². The van der Waals surface area contributed by atoms with E-state index in [2.05, 4.69) is 20.8 Å². The van der Waals surface area contributed by atoms with Crippen LogP contribution in [0, 0.1) is 17.3 Å². The van der Waals surface area contributed by atoms with Gasteiger partial charge in [0.2, 0.25) is 0 Å². The molecule has 0 amide bonds. The van der Waals surface area contributed by atoms with Crippen LogP contribution in [-0.4, -0.2) is 11.7 Å². The first-order valence-corrected chi connectivity index (χ1v) is 5.56. The molecule has 0 N–H and O–H groups in total. The van der Waals surface area contributed by atoms with Crippen molar-refractivity contribution in [1.29, 1.82) is 0 Å². The van der Waals surface area contributed by atoms with Crippen molar-refractivity contribution in [2.24, 2.45) is 17.3 Å². The van der Waals surface area contributed by atoms with E-state index < -0.39 is 0 Å². The Balaban J connectivity index is 2.68. The lowest BCUT2D eigenvalue weighted by molar-refractivity contribution is -0.123. The molecule has 1 aliphatic carbocycles. The second-order valence-corrected chi connectivity index (χ2v) is 5.48. The average molecular weight is 203 g/mol. The Bertz CT molecular complexity index is 193. The summed E-state index contributed by atoms with van der Waals surface area (Å²) in [5, 5.41) is 0. The molecule has 2 atom stereocenters. The second-order valence-electron chi connectivity index (χ2n) is 5.17. The Hall–Kier alpha value is -0.0400. The summed E-state index contributed by atoms with van der Waals surface area (Å²) in [7, 11) is 0. The van der Waals surface area contributed by atoms with Crippen LogP contribution in [0.5, 0.6) is 0 Å². The molecule has 0 heterocycles. The van der Waals surface area contributed by atoms with Gasteiger partial charge in [0, 0.05) is 18.7 Å². The van der Waals surface area contributed by atoms with E-state index in [0.717, 1.165) is 12.8 Å². The lowest BCUT2D eigenvalue weighted by Crippen LogP contribution is -2.34. The van der Waals surface area contributed by atoms with E-state index in [1.165, 1.54) is 0 Å². The highest BCUT2D eigenvalue weighted by atomic mass is 35.5. The third kappa shape index (κ3) is 2.70. The lowest BCUT2D eigenvalue weighted by atomic mass is 9.67. The fourth-order valence-corrected chi connectivity index (χ4v) is 2.72. The number of hydrogen-bond donors (Lipinski definition) is 0. The molecule has 2 heteroatoms. The molecule has 0 aliphatic heterocycles. The quantitative estimate of drug-likeness (QED) is 0.597. The van der Waals surface area contributed by atoms with Crippen LogP contribution in [0.15, 0.2) is 0 Å². The maximum absolute atomic E-state index is 11.2. The van der Waals surface area contributed by atoms with Gasteiger partial charge in [-0.15, -0.1) is 11.6 Å². The zero-order valence-corrected chi connectivity index (χ0v) is 9.53. The second kappa shape index (κ2) is 4.00. The SMILES string of the molecule is CC(C)(C)C1CCC(=O)CC1CCl. The largest absolute Gasteiger partial charge is 0.300 e. The first kappa shape index (κ1) is 11.0. The zero-order valence-electron chi connectivity index (χ0n) is 8.77. The Morgan fingerprint density at radius 1 is 1.46 bits per heavy atom. The molecule has 0 radical (unpaired) electrons. The van der Waals surface area contributed by atoms with Gasteiger partial charge in [-0.05, 0) is 23.7 Å². The molecule has 0 aromatic rings. The van der Waals surface area contributed by atoms with E-state index in [9.17, 15) is 4.79 Å². The average Bonchev–Trinajstić information content (AvgIpc) is 2.01. The van der Waals surface area contributed by atoms with Crippen LogP contribution >= 0.6 is 11.6 Å². The number of Topliss-reactive ketones (excluding diaryl/α,β-unsaturated/α-hetero) is 1. The molecule has 0 aromatic heterocycles. The summed E-state index contributed by atoms with van der Waals surface area (Å²) in [6.45, 7) is 6.73. The lowest BCUT2D eigenvalue weighted by Gasteiger charge is -2.39. The van der Waals surface area contributed by atoms with Crippen LogP contribution in [0.4, 0.5) is 0 Å². The number of carbonyl (C=O) groups is 1. The van der Waals surface area contributed by atoms with Crippen molar-refractivity contribution in [2.45, 2.75) is 40.0 Å². The molecule has 13 heavy (non-hydrogen) atoms. The van der Waals surface area contributed by atoms with Gasteiger partial charge in [0.25, 0.3) is 0 Å². The molecule has 76 valence electrons. The van der Waals surface area contributed by atoms with Gasteiger partial charge in [0.05, 0.1) is 0 Å². The van der Waals surface area contributed by atoms with Gasteiger partial charge in [-0.2, -0.15) is 0 Å². The molecule has 0 saturated heterocycles. The van der Waals surface area contributed by atoms with E-state index in [-0.39, 0.29) is 0 Å². The summed E-state index contributed by atoms with van der Waals surface area (Å²) < 4.78 is 0. The molecule has 0 aromatic carbocycles. The van der Waals surface area contributed by atoms with Crippen LogP contribution in [-0.2, 0) is 4.79 Å². The molecule has 1 fully saturated rings. The van der Waals surface area contributed by atoms with Gasteiger partial charge in [-0.25, -0.2) is 0 Å². The van der Waals surface area contributed by atoms with Gasteiger partial charge in [-0.3, -0.25) is 4.79 Å². The van der Waals surface area contributed by atoms with E-state index in [1.807, 2.05) is 0 Å². The summed E-state index contributed by atoms with van der Waals surface area (Å²) in [6.07, 6.45) is 2.49. The summed E-state index contributed by atoms with van der Waals surface area (Å²) in [5.41, 5.74) is 0.292. The summed E-state index contributed by atoms with van der Waals surface area (Å²) >= 11 is 5.89. The minimum atomic E-state index is 0.292. The number of rotatable bonds is 1. The molecular weight excluding hydrogens is 184 g/mol. The van der Waals surface area contributed by atoms with Gasteiger partial charge in [0.1, 0.15) is 5.78 Å². The Morgan fingerprint density at radius 2 is 2.08 bits per heavy atom. The molecule has 1 aliphatic rings. The van der Waals surface area contributed by atoms with Crippen LogP contribution in [0.3, 0.4) is 0 Å². The van der Waals surface area contributed by atoms with Crippen LogP contribution in [0.1, 0.15) is 40.0 Å². The highest BCUT2D eigenvalue weighted by molar-refractivity contribution is 6.18. The monoisotopic (exact) mass is 202 g/mol. The zero-order chi connectivity index (χ0) is 10.1. The van der Waals surface area contributed by atoms with Crippen LogP contribution < -0.4 is 0 Å². The third-order valence-electron chi connectivity index (χ3n) is 3.10. The number of carbonyl (C=O) groups excluding carboxylic acids is 1. The molecule has 0 bridgehead atoms. The number of alkyl halides is 1. The summed E-state index contributed by atoms with van der Waals surface area (Å²) in [6, 6.07) is 0. The summed E-state index contributed by atoms with van der Waals surface area (Å²) in [4.78, 5) is 11.2. The smallest absolute Gasteiger partial charge is 0.133 e. The first-order chi connectivity index (χ1) is 5.95. The van der Waals surface area contributed by atoms with Gasteiger partial charge in [0.15, 0.2) is 0 Å². The third-order valence-corrected chi connectivity index (χ3v) is 3.50. The Kier molecular flexibility index (Phi) is 3.39. The van der Waals surface area contributed by atoms with Crippen molar-refractivity contribution >= 4 is 17.4 Å². The Labute approximate surface area is 85.8 Å². The predicted octanol–water partition coefficient (Wildman–Crippen LogP) is 3.26. The van der Waals surface area contributed by atoms with Crippen LogP contribution in [0.25, 0.3) is 0 Å². The van der Waals surface area contributed by atoms with Crippen molar-refractivity contribution < 1.29 is 4.79 Å². The molecule has 1 nitrogen and oxygen atoms in total. The van der Waals surface area contributed by atoms with Crippen molar-refractivity contribution in [2.75, 3.05) is 5.88 Å². The number of ketones is 1. The Morgan fingerprint density at radius 3 is 2.54 bits per heavy atom. The maximum Gasteiger partial charge on any atom is 0.133 e. The van der Waals surface area contributed by atoms with Crippen molar-refractivity contribution in [3.63, 3.8) is 0 Å². The van der Waals surface area contributed by atoms with E-state index in [4.69, 9.17) is 11.6 Å². The first-order valence-electron chi connectivity index (χ1n) is 5.03. The molecule has 2 unspecified atom stereocenters. The molecule has 0 spiro atoms. The minimum Gasteiger partial charge on any atom is -0.300 e. The molecule has 1 rings (SSSR count). The van der Waals surface area contributed by atoms with Gasteiger partial charge in [-0.1, -0.05) is 20.8 Å². The number of halogens is 1. The van der Waals surface area contributed by atoms with Crippen molar-refractivity contribution in [3.05, 3.63) is 0 Å². The van der Waals surface area contributed by atoms with E-state index in [0.29, 0.717) is 35.3 Å². The number of hydrogen-bond acceptors (Lipinski definition) is 1. The van der Waals surface area contributed by atoms with Crippen molar-refractivity contribution in [1.82, 2.24) is 0 Å². The highest BCUT2D eigenvalue weighted by Crippen LogP contribution is 2.41. The van der Waals surface area contributed by atoms with E-state index >= 15 is 0 Å². The molecule has 1 saturated carbocycles. The summed E-state index contributed by atoms with van der Waals surface area (Å²) in [5.74, 6) is 2.05.